The molecule has 0 fully saturated rings. The lowest BCUT2D eigenvalue weighted by Crippen LogP contribution is -2.20. The average molecular weight is 404 g/mol. The highest BCUT2D eigenvalue weighted by Crippen LogP contribution is 2.34. The number of methoxy groups -OCH3 is 2. The van der Waals surface area contributed by atoms with E-state index in [1.165, 1.54) is 20.4 Å². The Balaban J connectivity index is 2.16. The molecular formula is C15H13Cl3N4O3. The summed E-state index contributed by atoms with van der Waals surface area (Å²) in [4.78, 5) is 15.9. The van der Waals surface area contributed by atoms with Crippen LogP contribution in [0.15, 0.2) is 23.3 Å². The van der Waals surface area contributed by atoms with Crippen LogP contribution >= 0.6 is 34.8 Å². The number of hydrazone groups is 1. The number of aromatic nitrogens is 1. The molecule has 1 aromatic heterocycles. The smallest absolute Gasteiger partial charge is 0.291 e. The molecule has 0 atom stereocenters. The number of nitrogen functional groups attached to an aromatic ring is 1. The molecule has 0 unspecified atom stereocenters. The molecule has 10 heteroatoms. The number of hydrogen-bond acceptors (Lipinski definition) is 6. The molecule has 1 amide bonds. The van der Waals surface area contributed by atoms with Crippen molar-refractivity contribution in [3.05, 3.63) is 44.7 Å². The normalized spacial score (nSPS) is 10.8. The highest BCUT2D eigenvalue weighted by Gasteiger charge is 2.19. The zero-order chi connectivity index (χ0) is 18.6. The first-order chi connectivity index (χ1) is 11.9. The molecule has 0 bridgehead atoms. The zero-order valence-corrected chi connectivity index (χ0v) is 15.4. The minimum absolute atomic E-state index is 0.0166. The highest BCUT2D eigenvalue weighted by atomic mass is 35.5. The largest absolute Gasteiger partial charge is 0.493 e. The van der Waals surface area contributed by atoms with Crippen molar-refractivity contribution in [1.29, 1.82) is 0 Å². The summed E-state index contributed by atoms with van der Waals surface area (Å²) in [6, 6.07) is 5.14. The molecule has 0 saturated carbocycles. The second-order valence-corrected chi connectivity index (χ2v) is 5.72. The van der Waals surface area contributed by atoms with Crippen LogP contribution in [-0.2, 0) is 0 Å². The molecule has 0 aliphatic rings. The third kappa shape index (κ3) is 4.25. The van der Waals surface area contributed by atoms with Crippen molar-refractivity contribution in [3.8, 4) is 11.5 Å². The van der Waals surface area contributed by atoms with E-state index in [9.17, 15) is 4.79 Å². The molecule has 7 nitrogen and oxygen atoms in total. The SMILES string of the molecule is COc1ccc(C=NNC(=O)c2nc(Cl)c(Cl)c(N)c2Cl)cc1OC. The maximum absolute atomic E-state index is 12.1. The fraction of sp³-hybridized carbons (Fsp3) is 0.133. The molecule has 0 saturated heterocycles. The Labute approximate surface area is 158 Å². The number of rotatable bonds is 5. The molecule has 1 heterocycles. The van der Waals surface area contributed by atoms with Gasteiger partial charge in [-0.2, -0.15) is 5.10 Å². The van der Waals surface area contributed by atoms with Gasteiger partial charge in [0.1, 0.15) is 5.02 Å². The maximum atomic E-state index is 12.1. The first kappa shape index (κ1) is 19.1. The van der Waals surface area contributed by atoms with Gasteiger partial charge in [-0.3, -0.25) is 4.79 Å². The summed E-state index contributed by atoms with van der Waals surface area (Å²) < 4.78 is 10.3. The van der Waals surface area contributed by atoms with Gasteiger partial charge in [0.25, 0.3) is 5.91 Å². The summed E-state index contributed by atoms with van der Waals surface area (Å²) in [5.41, 5.74) is 8.41. The predicted octanol–water partition coefficient (Wildman–Crippen LogP) is 3.41. The van der Waals surface area contributed by atoms with Gasteiger partial charge in [-0.1, -0.05) is 34.8 Å². The van der Waals surface area contributed by atoms with Crippen molar-refractivity contribution in [2.75, 3.05) is 20.0 Å². The minimum atomic E-state index is -0.688. The van der Waals surface area contributed by atoms with E-state index in [0.717, 1.165) is 0 Å². The summed E-state index contributed by atoms with van der Waals surface area (Å²) in [7, 11) is 3.05. The number of amides is 1. The van der Waals surface area contributed by atoms with Crippen molar-refractivity contribution in [2.24, 2.45) is 5.10 Å². The van der Waals surface area contributed by atoms with Crippen molar-refractivity contribution in [3.63, 3.8) is 0 Å². The lowest BCUT2D eigenvalue weighted by atomic mass is 10.2. The fourth-order valence-corrected chi connectivity index (χ4v) is 2.43. The number of carbonyl (C=O) groups excluding carboxylic acids is 1. The number of pyridine rings is 1. The van der Waals surface area contributed by atoms with Crippen LogP contribution in [0.3, 0.4) is 0 Å². The van der Waals surface area contributed by atoms with Gasteiger partial charge in [-0.05, 0) is 23.8 Å². The second-order valence-electron chi connectivity index (χ2n) is 4.61. The van der Waals surface area contributed by atoms with E-state index in [-0.39, 0.29) is 26.6 Å². The average Bonchev–Trinajstić information content (AvgIpc) is 2.62. The van der Waals surface area contributed by atoms with Gasteiger partial charge in [-0.15, -0.1) is 0 Å². The number of ether oxygens (including phenoxy) is 2. The Morgan fingerprint density at radius 3 is 2.52 bits per heavy atom. The molecule has 0 aliphatic carbocycles. The molecular weight excluding hydrogens is 391 g/mol. The zero-order valence-electron chi connectivity index (χ0n) is 13.1. The number of anilines is 1. The highest BCUT2D eigenvalue weighted by molar-refractivity contribution is 6.46. The van der Waals surface area contributed by atoms with Gasteiger partial charge in [0.05, 0.1) is 31.1 Å². The van der Waals surface area contributed by atoms with Gasteiger partial charge in [-0.25, -0.2) is 10.4 Å². The van der Waals surface area contributed by atoms with Crippen LogP contribution in [0.5, 0.6) is 11.5 Å². The van der Waals surface area contributed by atoms with E-state index in [2.05, 4.69) is 15.5 Å². The number of nitrogens with zero attached hydrogens (tertiary/aromatic N) is 2. The minimum Gasteiger partial charge on any atom is -0.493 e. The van der Waals surface area contributed by atoms with E-state index in [0.29, 0.717) is 17.1 Å². The Morgan fingerprint density at radius 1 is 1.20 bits per heavy atom. The molecule has 3 N–H and O–H groups in total. The molecule has 25 heavy (non-hydrogen) atoms. The molecule has 132 valence electrons. The van der Waals surface area contributed by atoms with E-state index in [1.54, 1.807) is 18.2 Å². The summed E-state index contributed by atoms with van der Waals surface area (Å²) in [5.74, 6) is 0.415. The van der Waals surface area contributed by atoms with E-state index in [4.69, 9.17) is 50.0 Å². The van der Waals surface area contributed by atoms with Crippen LogP contribution < -0.4 is 20.6 Å². The van der Waals surface area contributed by atoms with Crippen LogP contribution in [0, 0.1) is 0 Å². The molecule has 2 aromatic rings. The van der Waals surface area contributed by atoms with Crippen LogP contribution in [-0.4, -0.2) is 31.3 Å². The molecule has 0 spiro atoms. The second kappa shape index (κ2) is 8.24. The third-order valence-corrected chi connectivity index (χ3v) is 4.21. The molecule has 2 rings (SSSR count). The Hall–Kier alpha value is -2.22. The molecule has 0 radical (unpaired) electrons. The van der Waals surface area contributed by atoms with Gasteiger partial charge in [0, 0.05) is 0 Å². The number of carbonyl (C=O) groups is 1. The van der Waals surface area contributed by atoms with Gasteiger partial charge in [0.2, 0.25) is 0 Å². The van der Waals surface area contributed by atoms with Crippen LogP contribution in [0.1, 0.15) is 16.1 Å². The topological polar surface area (TPSA) is 98.8 Å². The molecule has 1 aromatic carbocycles. The van der Waals surface area contributed by atoms with Crippen molar-refractivity contribution in [2.45, 2.75) is 0 Å². The standard InChI is InChI=1S/C15H13Cl3N4O3/c1-24-8-4-3-7(5-9(8)25-2)6-20-22-15(23)13-10(16)12(19)11(17)14(18)21-13/h3-6H,1-2H3,(H2,19,21)(H,22,23). The van der Waals surface area contributed by atoms with Crippen molar-refractivity contribution in [1.82, 2.24) is 10.4 Å². The summed E-state index contributed by atoms with van der Waals surface area (Å²) in [5, 5.41) is 3.59. The number of halogens is 3. The van der Waals surface area contributed by atoms with Crippen LogP contribution in [0.25, 0.3) is 0 Å². The Bertz CT molecular complexity index is 843. The maximum Gasteiger partial charge on any atom is 0.291 e. The lowest BCUT2D eigenvalue weighted by molar-refractivity contribution is 0.0950. The quantitative estimate of drug-likeness (QED) is 0.453. The van der Waals surface area contributed by atoms with Gasteiger partial charge >= 0.3 is 0 Å². The van der Waals surface area contributed by atoms with E-state index < -0.39 is 5.91 Å². The van der Waals surface area contributed by atoms with E-state index in [1.807, 2.05) is 0 Å². The number of nitrogens with two attached hydrogens (primary N) is 1. The van der Waals surface area contributed by atoms with Crippen LogP contribution in [0.4, 0.5) is 5.69 Å². The Kier molecular flexibility index (Phi) is 6.30. The summed E-state index contributed by atoms with van der Waals surface area (Å²) in [6.07, 6.45) is 1.41. The number of hydrogen-bond donors (Lipinski definition) is 2. The van der Waals surface area contributed by atoms with Gasteiger partial charge in [0.15, 0.2) is 22.3 Å². The first-order valence-electron chi connectivity index (χ1n) is 6.74. The summed E-state index contributed by atoms with van der Waals surface area (Å²) in [6.45, 7) is 0. The predicted molar refractivity (Wildman–Crippen MR) is 98.3 cm³/mol. The third-order valence-electron chi connectivity index (χ3n) is 3.07. The number of benzene rings is 1. The monoisotopic (exact) mass is 402 g/mol. The molecule has 0 aliphatic heterocycles. The fourth-order valence-electron chi connectivity index (χ4n) is 1.83. The van der Waals surface area contributed by atoms with Crippen molar-refractivity contribution >= 4 is 52.6 Å². The van der Waals surface area contributed by atoms with Gasteiger partial charge < -0.3 is 15.2 Å². The lowest BCUT2D eigenvalue weighted by Gasteiger charge is -2.08. The van der Waals surface area contributed by atoms with Crippen LogP contribution in [0.2, 0.25) is 15.2 Å². The summed E-state index contributed by atoms with van der Waals surface area (Å²) >= 11 is 17.6. The van der Waals surface area contributed by atoms with Crippen molar-refractivity contribution < 1.29 is 14.3 Å². The Morgan fingerprint density at radius 2 is 1.88 bits per heavy atom. The first-order valence-corrected chi connectivity index (χ1v) is 7.87. The van der Waals surface area contributed by atoms with E-state index >= 15 is 0 Å². The number of nitrogens with one attached hydrogen (secondary N) is 1.